The Balaban J connectivity index is 3.82. The largest absolute Gasteiger partial charge is 0.389 e. The molecule has 0 rings (SSSR count). The van der Waals surface area contributed by atoms with Gasteiger partial charge in [0.15, 0.2) is 6.29 Å². The third-order valence-electron chi connectivity index (χ3n) is 1.48. The molecule has 1 N–H and O–H groups in total. The van der Waals surface area contributed by atoms with Gasteiger partial charge in [-0.25, -0.2) is 0 Å². The molecule has 0 saturated carbocycles. The number of hydrogen-bond acceptors (Lipinski definition) is 2. The summed E-state index contributed by atoms with van der Waals surface area (Å²) in [4.78, 5) is 0. The molecular weight excluding hydrogens is 212 g/mol. The Bertz CT molecular complexity index is 232. The second-order valence-electron chi connectivity index (χ2n) is 3.05. The summed E-state index contributed by atoms with van der Waals surface area (Å²) < 4.78 is 35.4. The maximum absolute atomic E-state index is 11.8. The normalized spacial score (nSPS) is 14.6. The van der Waals surface area contributed by atoms with Gasteiger partial charge in [-0.05, 0) is 6.42 Å². The Labute approximate surface area is 82.5 Å². The molecule has 0 bridgehead atoms. The van der Waals surface area contributed by atoms with Gasteiger partial charge in [-0.3, -0.25) is 5.32 Å². The molecule has 0 aromatic heterocycles. The van der Waals surface area contributed by atoms with Crippen LogP contribution in [0.2, 0.25) is 0 Å². The number of rotatable bonds is 5. The molecule has 0 aliphatic rings. The van der Waals surface area contributed by atoms with Crippen LogP contribution < -0.4 is 5.32 Å². The van der Waals surface area contributed by atoms with E-state index < -0.39 is 26.2 Å². The zero-order chi connectivity index (χ0) is 11.2. The first-order valence-electron chi connectivity index (χ1n) is 4.06. The number of halogens is 3. The van der Waals surface area contributed by atoms with E-state index in [0.29, 0.717) is 6.29 Å². The summed E-state index contributed by atoms with van der Waals surface area (Å²) in [5.41, 5.74) is 0. The van der Waals surface area contributed by atoms with E-state index in [4.69, 9.17) is 5.26 Å². The second-order valence-corrected chi connectivity index (χ2v) is 5.08. The standard InChI is InChI=1S/C8H13F3N2P/c1-14(2)6-13-7(5-12)3-4-8(9,10)11/h7,13H,1,3-4,6H2,2H3/q+1. The fraction of sp³-hybridized carbons (Fsp3) is 0.750. The minimum atomic E-state index is -4.18. The van der Waals surface area contributed by atoms with Crippen molar-refractivity contribution in [3.8, 4) is 6.07 Å². The molecule has 2 atom stereocenters. The van der Waals surface area contributed by atoms with Gasteiger partial charge < -0.3 is 0 Å². The average Bonchev–Trinajstić information content (AvgIpc) is 2.02. The Hall–Kier alpha value is -0.590. The molecule has 6 heteroatoms. The minimum absolute atomic E-state index is 0.191. The molecule has 2 unspecified atom stereocenters. The molecule has 0 aromatic carbocycles. The smallest absolute Gasteiger partial charge is 0.263 e. The molecular formula is C8H13F3N2P+. The van der Waals surface area contributed by atoms with Crippen LogP contribution in [0, 0.1) is 11.3 Å². The lowest BCUT2D eigenvalue weighted by Gasteiger charge is -2.10. The number of nitrogens with one attached hydrogen (secondary N) is 1. The van der Waals surface area contributed by atoms with E-state index >= 15 is 0 Å². The van der Waals surface area contributed by atoms with Crippen molar-refractivity contribution in [2.75, 3.05) is 13.0 Å². The van der Waals surface area contributed by atoms with Crippen LogP contribution in [0.1, 0.15) is 12.8 Å². The van der Waals surface area contributed by atoms with Crippen molar-refractivity contribution in [2.24, 2.45) is 0 Å². The summed E-state index contributed by atoms with van der Waals surface area (Å²) >= 11 is 0. The van der Waals surface area contributed by atoms with Crippen LogP contribution in [0.3, 0.4) is 0 Å². The van der Waals surface area contributed by atoms with Crippen molar-refractivity contribution in [3.05, 3.63) is 0 Å². The lowest BCUT2D eigenvalue weighted by molar-refractivity contribution is -0.135. The van der Waals surface area contributed by atoms with Crippen molar-refractivity contribution in [1.82, 2.24) is 5.32 Å². The highest BCUT2D eigenvalue weighted by molar-refractivity contribution is 7.54. The Kier molecular flexibility index (Phi) is 5.75. The van der Waals surface area contributed by atoms with Crippen molar-refractivity contribution in [3.63, 3.8) is 0 Å². The highest BCUT2D eigenvalue weighted by Gasteiger charge is 2.28. The van der Waals surface area contributed by atoms with Crippen LogP contribution >= 0.6 is 7.55 Å². The molecule has 0 radical (unpaired) electrons. The molecule has 0 heterocycles. The van der Waals surface area contributed by atoms with Gasteiger partial charge >= 0.3 is 6.18 Å². The quantitative estimate of drug-likeness (QED) is 0.729. The van der Waals surface area contributed by atoms with E-state index in [9.17, 15) is 13.2 Å². The lowest BCUT2D eigenvalue weighted by atomic mass is 10.2. The zero-order valence-corrected chi connectivity index (χ0v) is 8.83. The number of alkyl halides is 3. The number of nitrogens with zero attached hydrogens (tertiary/aromatic N) is 1. The van der Waals surface area contributed by atoms with E-state index in [1.807, 2.05) is 6.66 Å². The van der Waals surface area contributed by atoms with Gasteiger partial charge in [-0.2, -0.15) is 18.4 Å². The van der Waals surface area contributed by atoms with Gasteiger partial charge in [0.2, 0.25) is 0 Å². The highest BCUT2D eigenvalue weighted by Crippen LogP contribution is 2.22. The highest BCUT2D eigenvalue weighted by atomic mass is 31.1. The SMILES string of the molecule is C=[P+](C)CNC(C#N)CCC(F)(F)F. The van der Waals surface area contributed by atoms with Crippen molar-refractivity contribution in [2.45, 2.75) is 25.1 Å². The monoisotopic (exact) mass is 225 g/mol. The van der Waals surface area contributed by atoms with Gasteiger partial charge in [-0.15, -0.1) is 0 Å². The molecule has 0 fully saturated rings. The summed E-state index contributed by atoms with van der Waals surface area (Å²) in [5.74, 6) is 0. The zero-order valence-electron chi connectivity index (χ0n) is 7.93. The maximum Gasteiger partial charge on any atom is 0.389 e. The van der Waals surface area contributed by atoms with Crippen molar-refractivity contribution >= 4 is 13.8 Å². The predicted molar refractivity (Wildman–Crippen MR) is 52.7 cm³/mol. The van der Waals surface area contributed by atoms with E-state index in [2.05, 4.69) is 11.6 Å². The molecule has 0 aliphatic carbocycles. The van der Waals surface area contributed by atoms with Gasteiger partial charge in [0.25, 0.3) is 0 Å². The van der Waals surface area contributed by atoms with Crippen LogP contribution in [0.15, 0.2) is 0 Å². The topological polar surface area (TPSA) is 35.8 Å². The van der Waals surface area contributed by atoms with Gasteiger partial charge in [0, 0.05) is 6.42 Å². The van der Waals surface area contributed by atoms with Crippen LogP contribution in [0.5, 0.6) is 0 Å². The maximum atomic E-state index is 11.8. The van der Waals surface area contributed by atoms with Crippen molar-refractivity contribution in [1.29, 1.82) is 5.26 Å². The van der Waals surface area contributed by atoms with Crippen LogP contribution in [0.4, 0.5) is 13.2 Å². The second kappa shape index (κ2) is 6.00. The van der Waals surface area contributed by atoms with E-state index in [1.165, 1.54) is 0 Å². The summed E-state index contributed by atoms with van der Waals surface area (Å²) in [6, 6.07) is 1.08. The Morgan fingerprint density at radius 1 is 1.57 bits per heavy atom. The average molecular weight is 225 g/mol. The first kappa shape index (κ1) is 13.4. The van der Waals surface area contributed by atoms with E-state index in [-0.39, 0.29) is 6.42 Å². The predicted octanol–water partition coefficient (Wildman–Crippen LogP) is 2.31. The number of hydrogen-bond donors (Lipinski definition) is 1. The molecule has 0 spiro atoms. The van der Waals surface area contributed by atoms with Crippen molar-refractivity contribution < 1.29 is 13.2 Å². The van der Waals surface area contributed by atoms with Crippen LogP contribution in [0.25, 0.3) is 0 Å². The van der Waals surface area contributed by atoms with Gasteiger partial charge in [0.1, 0.15) is 0 Å². The summed E-state index contributed by atoms with van der Waals surface area (Å²) in [6.45, 7) is 1.89. The van der Waals surface area contributed by atoms with Crippen LogP contribution in [-0.2, 0) is 0 Å². The number of nitriles is 1. The summed E-state index contributed by atoms with van der Waals surface area (Å²) in [6.07, 6.45) is -1.05. The molecule has 0 saturated heterocycles. The van der Waals surface area contributed by atoms with Gasteiger partial charge in [-0.1, -0.05) is 0 Å². The molecule has 14 heavy (non-hydrogen) atoms. The van der Waals surface area contributed by atoms with E-state index in [1.54, 1.807) is 6.07 Å². The molecule has 0 amide bonds. The molecule has 80 valence electrons. The molecule has 0 aromatic rings. The molecule has 0 aliphatic heterocycles. The van der Waals surface area contributed by atoms with Gasteiger partial charge in [0.05, 0.1) is 32.6 Å². The molecule has 2 nitrogen and oxygen atoms in total. The third-order valence-corrected chi connectivity index (χ3v) is 2.20. The fourth-order valence-corrected chi connectivity index (χ4v) is 1.32. The van der Waals surface area contributed by atoms with E-state index in [0.717, 1.165) is 0 Å². The summed E-state index contributed by atoms with van der Waals surface area (Å²) in [5, 5.41) is 11.3. The first-order chi connectivity index (χ1) is 6.35. The fourth-order valence-electron chi connectivity index (χ4n) is 0.786. The minimum Gasteiger partial charge on any atom is -0.263 e. The third kappa shape index (κ3) is 8.03. The Morgan fingerprint density at radius 2 is 2.14 bits per heavy atom. The lowest BCUT2D eigenvalue weighted by Crippen LogP contribution is -2.28. The summed E-state index contributed by atoms with van der Waals surface area (Å²) in [7, 11) is -0.471. The van der Waals surface area contributed by atoms with Crippen LogP contribution in [-0.4, -0.2) is 31.5 Å². The Morgan fingerprint density at radius 3 is 2.50 bits per heavy atom. The first-order valence-corrected chi connectivity index (χ1v) is 6.22.